The van der Waals surface area contributed by atoms with Gasteiger partial charge in [0.15, 0.2) is 0 Å². The highest BCUT2D eigenvalue weighted by Gasteiger charge is 2.14. The predicted molar refractivity (Wildman–Crippen MR) is 57.2 cm³/mol. The Morgan fingerprint density at radius 1 is 1.20 bits per heavy atom. The first-order valence-electron chi connectivity index (χ1n) is 4.09. The zero-order chi connectivity index (χ0) is 11.4. The first-order valence-corrected chi connectivity index (χ1v) is 4.84. The number of esters is 1. The number of hydrogen-bond donors (Lipinski definition) is 0. The van der Waals surface area contributed by atoms with Crippen molar-refractivity contribution in [2.75, 3.05) is 7.11 Å². The topological polar surface area (TPSA) is 43.4 Å². The highest BCUT2D eigenvalue weighted by atomic mass is 35.5. The molecule has 0 amide bonds. The van der Waals surface area contributed by atoms with Crippen molar-refractivity contribution in [2.45, 2.75) is 6.42 Å². The smallest absolute Gasteiger partial charge is 0.374 e. The number of ketones is 1. The fourth-order valence-corrected chi connectivity index (χ4v) is 1.66. The van der Waals surface area contributed by atoms with Crippen LogP contribution in [0.1, 0.15) is 5.56 Å². The number of carbonyl (C=O) groups excluding carboxylic acids is 2. The summed E-state index contributed by atoms with van der Waals surface area (Å²) in [4.78, 5) is 22.1. The minimum Gasteiger partial charge on any atom is -0.463 e. The fourth-order valence-electron chi connectivity index (χ4n) is 1.08. The van der Waals surface area contributed by atoms with E-state index in [0.717, 1.165) is 7.11 Å². The van der Waals surface area contributed by atoms with Gasteiger partial charge in [0.1, 0.15) is 0 Å². The molecule has 1 rings (SSSR count). The molecular weight excluding hydrogens is 239 g/mol. The second-order valence-corrected chi connectivity index (χ2v) is 3.74. The van der Waals surface area contributed by atoms with Crippen LogP contribution in [0.4, 0.5) is 0 Å². The lowest BCUT2D eigenvalue weighted by Crippen LogP contribution is -2.17. The van der Waals surface area contributed by atoms with Crippen molar-refractivity contribution in [1.82, 2.24) is 0 Å². The maximum atomic E-state index is 11.2. The van der Waals surface area contributed by atoms with Crippen LogP contribution in [-0.2, 0) is 20.7 Å². The molecule has 0 aliphatic rings. The number of rotatable bonds is 3. The summed E-state index contributed by atoms with van der Waals surface area (Å²) >= 11 is 11.5. The summed E-state index contributed by atoms with van der Waals surface area (Å²) < 4.78 is 4.29. The average Bonchev–Trinajstić information content (AvgIpc) is 2.14. The van der Waals surface area contributed by atoms with Gasteiger partial charge < -0.3 is 4.74 Å². The predicted octanol–water partition coefficient (Wildman–Crippen LogP) is 2.28. The van der Waals surface area contributed by atoms with Crippen LogP contribution in [0.5, 0.6) is 0 Å². The molecule has 0 heterocycles. The number of Topliss-reactive ketones (excluding diaryl/α,β-unsaturated/α-hetero) is 1. The molecule has 0 saturated heterocycles. The summed E-state index contributed by atoms with van der Waals surface area (Å²) in [5.74, 6) is -1.50. The minimum absolute atomic E-state index is 0.0625. The third kappa shape index (κ3) is 3.53. The zero-order valence-corrected chi connectivity index (χ0v) is 9.43. The van der Waals surface area contributed by atoms with Gasteiger partial charge in [-0.3, -0.25) is 4.79 Å². The molecule has 0 aliphatic carbocycles. The lowest BCUT2D eigenvalue weighted by molar-refractivity contribution is -0.151. The summed E-state index contributed by atoms with van der Waals surface area (Å²) in [6, 6.07) is 4.71. The van der Waals surface area contributed by atoms with E-state index >= 15 is 0 Å². The highest BCUT2D eigenvalue weighted by Crippen LogP contribution is 2.19. The monoisotopic (exact) mass is 246 g/mol. The Balaban J connectivity index is 2.81. The van der Waals surface area contributed by atoms with E-state index < -0.39 is 11.8 Å². The van der Waals surface area contributed by atoms with Crippen LogP contribution < -0.4 is 0 Å². The van der Waals surface area contributed by atoms with Crippen molar-refractivity contribution in [2.24, 2.45) is 0 Å². The van der Waals surface area contributed by atoms with Gasteiger partial charge >= 0.3 is 5.97 Å². The van der Waals surface area contributed by atoms with Crippen molar-refractivity contribution in [3.8, 4) is 0 Å². The number of halogens is 2. The van der Waals surface area contributed by atoms with Crippen LogP contribution in [0.2, 0.25) is 10.0 Å². The number of carbonyl (C=O) groups is 2. The van der Waals surface area contributed by atoms with Gasteiger partial charge in [-0.15, -0.1) is 0 Å². The third-order valence-corrected chi connectivity index (χ3v) is 2.14. The molecule has 0 aliphatic heterocycles. The number of benzene rings is 1. The summed E-state index contributed by atoms with van der Waals surface area (Å²) in [5.41, 5.74) is 0.586. The summed E-state index contributed by atoms with van der Waals surface area (Å²) in [5, 5.41) is 0.852. The van der Waals surface area contributed by atoms with Gasteiger partial charge in [-0.25, -0.2) is 4.79 Å². The van der Waals surface area contributed by atoms with Crippen molar-refractivity contribution in [3.63, 3.8) is 0 Å². The SMILES string of the molecule is COC(=O)C(=O)Cc1cc(Cl)cc(Cl)c1. The van der Waals surface area contributed by atoms with Gasteiger partial charge in [0.05, 0.1) is 7.11 Å². The van der Waals surface area contributed by atoms with Crippen LogP contribution >= 0.6 is 23.2 Å². The molecule has 5 heteroatoms. The Kier molecular flexibility index (Phi) is 4.12. The van der Waals surface area contributed by atoms with Gasteiger partial charge in [-0.2, -0.15) is 0 Å². The molecule has 1 aromatic carbocycles. The molecular formula is C10H8Cl2O3. The van der Waals surface area contributed by atoms with E-state index in [9.17, 15) is 9.59 Å². The van der Waals surface area contributed by atoms with Gasteiger partial charge in [0.25, 0.3) is 0 Å². The minimum atomic E-state index is -0.869. The molecule has 3 nitrogen and oxygen atoms in total. The second-order valence-electron chi connectivity index (χ2n) is 2.87. The standard InChI is InChI=1S/C10H8Cl2O3/c1-15-10(14)9(13)4-6-2-7(11)5-8(12)3-6/h2-3,5H,4H2,1H3. The lowest BCUT2D eigenvalue weighted by Gasteiger charge is -2.01. The molecule has 1 aromatic rings. The van der Waals surface area contributed by atoms with Crippen LogP contribution in [0, 0.1) is 0 Å². The van der Waals surface area contributed by atoms with Crippen molar-refractivity contribution in [3.05, 3.63) is 33.8 Å². The third-order valence-electron chi connectivity index (χ3n) is 1.70. The largest absolute Gasteiger partial charge is 0.463 e. The fraction of sp³-hybridized carbons (Fsp3) is 0.200. The normalized spacial score (nSPS) is 9.80. The second kappa shape index (κ2) is 5.14. The van der Waals surface area contributed by atoms with E-state index in [4.69, 9.17) is 23.2 Å². The van der Waals surface area contributed by atoms with E-state index in [1.54, 1.807) is 18.2 Å². The summed E-state index contributed by atoms with van der Waals surface area (Å²) in [6.45, 7) is 0. The van der Waals surface area contributed by atoms with E-state index in [1.165, 1.54) is 0 Å². The Labute approximate surface area is 96.9 Å². The maximum absolute atomic E-state index is 11.2. The van der Waals surface area contributed by atoms with Crippen LogP contribution in [0.25, 0.3) is 0 Å². The molecule has 0 unspecified atom stereocenters. The van der Waals surface area contributed by atoms with Crippen LogP contribution in [0.15, 0.2) is 18.2 Å². The molecule has 0 saturated carbocycles. The zero-order valence-electron chi connectivity index (χ0n) is 7.92. The molecule has 0 atom stereocenters. The Hall–Kier alpha value is -1.06. The highest BCUT2D eigenvalue weighted by molar-refractivity contribution is 6.35. The van der Waals surface area contributed by atoms with Gasteiger partial charge in [0, 0.05) is 16.5 Å². The van der Waals surface area contributed by atoms with Crippen LogP contribution in [-0.4, -0.2) is 18.9 Å². The first kappa shape index (κ1) is 12.0. The van der Waals surface area contributed by atoms with Crippen molar-refractivity contribution in [1.29, 1.82) is 0 Å². The number of hydrogen-bond acceptors (Lipinski definition) is 3. The molecule has 0 aromatic heterocycles. The van der Waals surface area contributed by atoms with E-state index in [0.29, 0.717) is 15.6 Å². The van der Waals surface area contributed by atoms with Crippen molar-refractivity contribution < 1.29 is 14.3 Å². The van der Waals surface area contributed by atoms with Crippen LogP contribution in [0.3, 0.4) is 0 Å². The van der Waals surface area contributed by atoms with Gasteiger partial charge in [-0.1, -0.05) is 23.2 Å². The summed E-state index contributed by atoms with van der Waals surface area (Å²) in [6.07, 6.45) is -0.0625. The molecule has 0 N–H and O–H groups in total. The number of methoxy groups -OCH3 is 1. The first-order chi connectivity index (χ1) is 7.02. The maximum Gasteiger partial charge on any atom is 0.374 e. The summed E-state index contributed by atoms with van der Waals surface area (Å²) in [7, 11) is 1.16. The number of ether oxygens (including phenoxy) is 1. The average molecular weight is 247 g/mol. The van der Waals surface area contributed by atoms with E-state index in [2.05, 4.69) is 4.74 Å². The molecule has 0 bridgehead atoms. The molecule has 80 valence electrons. The molecule has 0 spiro atoms. The van der Waals surface area contributed by atoms with Crippen molar-refractivity contribution >= 4 is 35.0 Å². The van der Waals surface area contributed by atoms with E-state index in [-0.39, 0.29) is 6.42 Å². The Bertz CT molecular complexity index is 381. The molecule has 15 heavy (non-hydrogen) atoms. The Morgan fingerprint density at radius 2 is 1.73 bits per heavy atom. The van der Waals surface area contributed by atoms with Gasteiger partial charge in [0.2, 0.25) is 5.78 Å². The van der Waals surface area contributed by atoms with E-state index in [1.807, 2.05) is 0 Å². The molecule has 0 radical (unpaired) electrons. The van der Waals surface area contributed by atoms with Gasteiger partial charge in [-0.05, 0) is 23.8 Å². The lowest BCUT2D eigenvalue weighted by atomic mass is 10.1. The Morgan fingerprint density at radius 3 is 2.20 bits per heavy atom. The molecule has 0 fully saturated rings. The quantitative estimate of drug-likeness (QED) is 0.607.